The van der Waals surface area contributed by atoms with Gasteiger partial charge in [-0.25, -0.2) is 18.7 Å². The molecule has 2 atom stereocenters. The molecule has 0 saturated carbocycles. The van der Waals surface area contributed by atoms with Gasteiger partial charge in [0.2, 0.25) is 0 Å². The fraction of sp³-hybridized carbons (Fsp3) is 0.630. The molecule has 0 spiro atoms. The van der Waals surface area contributed by atoms with E-state index in [0.717, 1.165) is 18.4 Å². The fourth-order valence-electron chi connectivity index (χ4n) is 3.76. The van der Waals surface area contributed by atoms with Gasteiger partial charge in [-0.05, 0) is 49.1 Å². The van der Waals surface area contributed by atoms with Crippen molar-refractivity contribution in [1.29, 1.82) is 0 Å². The van der Waals surface area contributed by atoms with E-state index in [1.807, 2.05) is 31.5 Å². The lowest BCUT2D eigenvalue weighted by atomic mass is 10.1. The van der Waals surface area contributed by atoms with Gasteiger partial charge >= 0.3 is 0 Å². The molecular formula is C27H40F2N2O. The van der Waals surface area contributed by atoms with Crippen LogP contribution < -0.4 is 4.74 Å². The third-order valence-electron chi connectivity index (χ3n) is 5.68. The van der Waals surface area contributed by atoms with Gasteiger partial charge in [-0.3, -0.25) is 0 Å². The zero-order valence-corrected chi connectivity index (χ0v) is 19.9. The highest BCUT2D eigenvalue weighted by atomic mass is 19.1. The molecule has 0 N–H and O–H groups in total. The SMILES string of the molecule is CCCCCCCCCCc1cnc(-c2ccc(OCC(F)CC(F)CCC)cc2)nc1. The van der Waals surface area contributed by atoms with Gasteiger partial charge in [0, 0.05) is 24.4 Å². The summed E-state index contributed by atoms with van der Waals surface area (Å²) in [5.41, 5.74) is 2.06. The van der Waals surface area contributed by atoms with Gasteiger partial charge < -0.3 is 4.74 Å². The van der Waals surface area contributed by atoms with E-state index in [0.29, 0.717) is 18.0 Å². The summed E-state index contributed by atoms with van der Waals surface area (Å²) in [6.45, 7) is 4.01. The van der Waals surface area contributed by atoms with Crippen molar-refractivity contribution in [2.45, 2.75) is 103 Å². The second kappa shape index (κ2) is 15.7. The Morgan fingerprint density at radius 1 is 0.781 bits per heavy atom. The summed E-state index contributed by atoms with van der Waals surface area (Å²) in [5.74, 6) is 1.23. The Kier molecular flexibility index (Phi) is 12.9. The second-order valence-corrected chi connectivity index (χ2v) is 8.69. The first kappa shape index (κ1) is 26.2. The maximum absolute atomic E-state index is 13.9. The zero-order valence-electron chi connectivity index (χ0n) is 19.9. The van der Waals surface area contributed by atoms with E-state index in [4.69, 9.17) is 4.74 Å². The molecule has 0 bridgehead atoms. The molecule has 1 heterocycles. The number of halogens is 2. The molecule has 0 aliphatic rings. The fourth-order valence-corrected chi connectivity index (χ4v) is 3.76. The smallest absolute Gasteiger partial charge is 0.159 e. The van der Waals surface area contributed by atoms with E-state index in [2.05, 4.69) is 16.9 Å². The van der Waals surface area contributed by atoms with E-state index in [1.165, 1.54) is 56.9 Å². The van der Waals surface area contributed by atoms with Crippen molar-refractivity contribution in [1.82, 2.24) is 9.97 Å². The van der Waals surface area contributed by atoms with Gasteiger partial charge in [0.05, 0.1) is 0 Å². The maximum Gasteiger partial charge on any atom is 0.159 e. The Morgan fingerprint density at radius 3 is 2.03 bits per heavy atom. The molecule has 1 aromatic carbocycles. The van der Waals surface area contributed by atoms with Crippen LogP contribution in [-0.2, 0) is 6.42 Å². The minimum Gasteiger partial charge on any atom is -0.491 e. The number of nitrogens with zero attached hydrogens (tertiary/aromatic N) is 2. The molecule has 1 aromatic heterocycles. The van der Waals surface area contributed by atoms with Crippen LogP contribution in [0.1, 0.15) is 90.0 Å². The molecule has 3 nitrogen and oxygen atoms in total. The number of alkyl halides is 2. The lowest BCUT2D eigenvalue weighted by molar-refractivity contribution is 0.147. The molecule has 32 heavy (non-hydrogen) atoms. The first-order chi connectivity index (χ1) is 15.6. The number of hydrogen-bond donors (Lipinski definition) is 0. The summed E-state index contributed by atoms with van der Waals surface area (Å²) in [6.07, 6.45) is 13.9. The number of rotatable bonds is 17. The van der Waals surface area contributed by atoms with E-state index in [1.54, 1.807) is 12.1 Å². The molecular weight excluding hydrogens is 406 g/mol. The molecule has 2 unspecified atom stereocenters. The molecule has 0 radical (unpaired) electrons. The van der Waals surface area contributed by atoms with Crippen molar-refractivity contribution in [3.05, 3.63) is 42.2 Å². The predicted molar refractivity (Wildman–Crippen MR) is 129 cm³/mol. The molecule has 2 rings (SSSR count). The number of hydrogen-bond acceptors (Lipinski definition) is 3. The third kappa shape index (κ3) is 10.5. The van der Waals surface area contributed by atoms with Crippen LogP contribution in [-0.4, -0.2) is 28.9 Å². The molecule has 0 aliphatic heterocycles. The minimum atomic E-state index is -1.30. The standard InChI is InChI=1S/C27H40F2N2O/c1-3-5-6-7-8-9-10-11-13-22-19-30-27(31-20-22)23-14-16-26(17-15-23)32-21-25(29)18-24(28)12-4-2/h14-17,19-20,24-25H,3-13,18,21H2,1-2H3. The Morgan fingerprint density at radius 2 is 1.41 bits per heavy atom. The Bertz CT molecular complexity index is 721. The van der Waals surface area contributed by atoms with Crippen molar-refractivity contribution in [2.24, 2.45) is 0 Å². The summed E-state index contributed by atoms with van der Waals surface area (Å²) in [7, 11) is 0. The van der Waals surface area contributed by atoms with E-state index in [-0.39, 0.29) is 13.0 Å². The predicted octanol–water partition coefficient (Wildman–Crippen LogP) is 8.07. The van der Waals surface area contributed by atoms with E-state index in [9.17, 15) is 8.78 Å². The average Bonchev–Trinajstić information content (AvgIpc) is 2.80. The highest BCUT2D eigenvalue weighted by Gasteiger charge is 2.15. The van der Waals surface area contributed by atoms with Crippen molar-refractivity contribution in [3.8, 4) is 17.1 Å². The zero-order chi connectivity index (χ0) is 23.0. The first-order valence-corrected chi connectivity index (χ1v) is 12.4. The molecule has 0 amide bonds. The third-order valence-corrected chi connectivity index (χ3v) is 5.68. The molecule has 2 aromatic rings. The number of unbranched alkanes of at least 4 members (excludes halogenated alkanes) is 7. The van der Waals surface area contributed by atoms with Crippen LogP contribution >= 0.6 is 0 Å². The van der Waals surface area contributed by atoms with Crippen molar-refractivity contribution < 1.29 is 13.5 Å². The van der Waals surface area contributed by atoms with Crippen LogP contribution in [0.4, 0.5) is 8.78 Å². The average molecular weight is 447 g/mol. The Labute approximate surface area is 193 Å². The normalized spacial score (nSPS) is 13.1. The van der Waals surface area contributed by atoms with Gasteiger partial charge in [0.15, 0.2) is 5.82 Å². The highest BCUT2D eigenvalue weighted by molar-refractivity contribution is 5.55. The largest absolute Gasteiger partial charge is 0.491 e. The first-order valence-electron chi connectivity index (χ1n) is 12.4. The Balaban J connectivity index is 1.70. The lowest BCUT2D eigenvalue weighted by Gasteiger charge is -2.13. The van der Waals surface area contributed by atoms with Crippen molar-refractivity contribution in [2.75, 3.05) is 6.61 Å². The van der Waals surface area contributed by atoms with Crippen LogP contribution in [0, 0.1) is 0 Å². The number of aryl methyl sites for hydroxylation is 1. The molecule has 0 saturated heterocycles. The summed E-state index contributed by atoms with van der Waals surface area (Å²) in [5, 5.41) is 0. The van der Waals surface area contributed by atoms with Gasteiger partial charge in [-0.1, -0.05) is 65.2 Å². The summed E-state index contributed by atoms with van der Waals surface area (Å²) < 4.78 is 32.8. The number of benzene rings is 1. The minimum absolute atomic E-state index is 0.106. The van der Waals surface area contributed by atoms with Crippen LogP contribution in [0.15, 0.2) is 36.7 Å². The van der Waals surface area contributed by atoms with Crippen LogP contribution in [0.2, 0.25) is 0 Å². The van der Waals surface area contributed by atoms with E-state index < -0.39 is 12.3 Å². The van der Waals surface area contributed by atoms with Crippen LogP contribution in [0.3, 0.4) is 0 Å². The molecule has 5 heteroatoms. The van der Waals surface area contributed by atoms with Crippen LogP contribution in [0.5, 0.6) is 5.75 Å². The molecule has 0 aliphatic carbocycles. The summed E-state index contributed by atoms with van der Waals surface area (Å²) in [4.78, 5) is 9.00. The number of ether oxygens (including phenoxy) is 1. The van der Waals surface area contributed by atoms with E-state index >= 15 is 0 Å². The second-order valence-electron chi connectivity index (χ2n) is 8.69. The Hall–Kier alpha value is -2.04. The highest BCUT2D eigenvalue weighted by Crippen LogP contribution is 2.21. The molecule has 0 fully saturated rings. The number of aromatic nitrogens is 2. The monoisotopic (exact) mass is 446 g/mol. The quantitative estimate of drug-likeness (QED) is 0.230. The van der Waals surface area contributed by atoms with Gasteiger partial charge in [-0.2, -0.15) is 0 Å². The van der Waals surface area contributed by atoms with Crippen molar-refractivity contribution >= 4 is 0 Å². The van der Waals surface area contributed by atoms with Crippen molar-refractivity contribution in [3.63, 3.8) is 0 Å². The topological polar surface area (TPSA) is 35.0 Å². The van der Waals surface area contributed by atoms with Gasteiger partial charge in [0.1, 0.15) is 24.7 Å². The summed E-state index contributed by atoms with van der Waals surface area (Å²) in [6, 6.07) is 7.29. The summed E-state index contributed by atoms with van der Waals surface area (Å²) >= 11 is 0. The maximum atomic E-state index is 13.9. The lowest BCUT2D eigenvalue weighted by Crippen LogP contribution is -2.18. The molecule has 178 valence electrons. The van der Waals surface area contributed by atoms with Gasteiger partial charge in [0.25, 0.3) is 0 Å². The van der Waals surface area contributed by atoms with Crippen LogP contribution in [0.25, 0.3) is 11.4 Å². The van der Waals surface area contributed by atoms with Gasteiger partial charge in [-0.15, -0.1) is 0 Å².